The monoisotopic (exact) mass is 417 g/mol. The Morgan fingerprint density at radius 1 is 0.677 bits per heavy atom. The van der Waals surface area contributed by atoms with Crippen molar-refractivity contribution in [1.29, 1.82) is 0 Å². The van der Waals surface area contributed by atoms with E-state index in [1.807, 2.05) is 18.2 Å². The van der Waals surface area contributed by atoms with E-state index in [1.165, 1.54) is 30.4 Å². The number of ether oxygens (including phenoxy) is 2. The van der Waals surface area contributed by atoms with Crippen LogP contribution >= 0.6 is 0 Å². The van der Waals surface area contributed by atoms with E-state index in [9.17, 15) is 0 Å². The van der Waals surface area contributed by atoms with Gasteiger partial charge in [0.1, 0.15) is 11.5 Å². The van der Waals surface area contributed by atoms with Crippen LogP contribution in [0.1, 0.15) is 50.2 Å². The summed E-state index contributed by atoms with van der Waals surface area (Å²) in [5.41, 5.74) is 3.62. The molecule has 0 radical (unpaired) electrons. The van der Waals surface area contributed by atoms with Crippen LogP contribution in [-0.4, -0.2) is 13.2 Å². The quantitative estimate of drug-likeness (QED) is 0.280. The molecule has 3 heteroatoms. The van der Waals surface area contributed by atoms with Gasteiger partial charge in [0.05, 0.1) is 13.2 Å². The minimum absolute atomic E-state index is 0.727. The first-order valence-electron chi connectivity index (χ1n) is 11.6. The number of hydrogen-bond acceptors (Lipinski definition) is 3. The Labute approximate surface area is 187 Å². The molecule has 0 saturated heterocycles. The lowest BCUT2D eigenvalue weighted by Crippen LogP contribution is -2.04. The summed E-state index contributed by atoms with van der Waals surface area (Å²) in [6.07, 6.45) is 6.93. The number of anilines is 1. The van der Waals surface area contributed by atoms with Crippen LogP contribution in [0.25, 0.3) is 0 Å². The summed E-state index contributed by atoms with van der Waals surface area (Å²) in [7, 11) is 0. The fourth-order valence-corrected chi connectivity index (χ4v) is 3.48. The lowest BCUT2D eigenvalue weighted by Gasteiger charge is -2.13. The molecule has 31 heavy (non-hydrogen) atoms. The lowest BCUT2D eigenvalue weighted by molar-refractivity contribution is 0.302. The van der Waals surface area contributed by atoms with Gasteiger partial charge in [-0.2, -0.15) is 0 Å². The molecule has 0 amide bonds. The predicted octanol–water partition coefficient (Wildman–Crippen LogP) is 7.27. The molecule has 164 valence electrons. The molecule has 0 saturated carbocycles. The van der Waals surface area contributed by atoms with Crippen LogP contribution < -0.4 is 14.8 Å². The van der Waals surface area contributed by atoms with Gasteiger partial charge in [0.25, 0.3) is 0 Å². The third-order valence-electron chi connectivity index (χ3n) is 5.29. The molecule has 0 bridgehead atoms. The van der Waals surface area contributed by atoms with Crippen molar-refractivity contribution in [2.45, 2.75) is 52.0 Å². The van der Waals surface area contributed by atoms with Crippen LogP contribution in [0.15, 0.2) is 78.9 Å². The first-order valence-corrected chi connectivity index (χ1v) is 11.6. The fraction of sp³-hybridized carbons (Fsp3) is 0.357. The van der Waals surface area contributed by atoms with E-state index in [-0.39, 0.29) is 0 Å². The van der Waals surface area contributed by atoms with Crippen molar-refractivity contribution < 1.29 is 9.47 Å². The van der Waals surface area contributed by atoms with Crippen LogP contribution in [0.2, 0.25) is 0 Å². The van der Waals surface area contributed by atoms with Gasteiger partial charge >= 0.3 is 0 Å². The summed E-state index contributed by atoms with van der Waals surface area (Å²) in [5.74, 6) is 1.89. The zero-order chi connectivity index (χ0) is 21.6. The fourth-order valence-electron chi connectivity index (χ4n) is 3.48. The maximum absolute atomic E-state index is 6.02. The van der Waals surface area contributed by atoms with Gasteiger partial charge in [0.2, 0.25) is 0 Å². The summed E-state index contributed by atoms with van der Waals surface area (Å²) in [4.78, 5) is 0. The van der Waals surface area contributed by atoms with Crippen molar-refractivity contribution in [3.05, 3.63) is 90.0 Å². The molecular formula is C28H35NO2. The van der Waals surface area contributed by atoms with Crippen molar-refractivity contribution >= 4 is 5.69 Å². The Morgan fingerprint density at radius 3 is 2.23 bits per heavy atom. The van der Waals surface area contributed by atoms with Gasteiger partial charge in [0, 0.05) is 17.8 Å². The van der Waals surface area contributed by atoms with E-state index >= 15 is 0 Å². The molecule has 3 rings (SSSR count). The molecule has 3 aromatic rings. The summed E-state index contributed by atoms with van der Waals surface area (Å²) in [6.45, 7) is 4.48. The van der Waals surface area contributed by atoms with Crippen molar-refractivity contribution in [1.82, 2.24) is 0 Å². The predicted molar refractivity (Wildman–Crippen MR) is 130 cm³/mol. The number of benzene rings is 3. The third-order valence-corrected chi connectivity index (χ3v) is 5.29. The zero-order valence-corrected chi connectivity index (χ0v) is 18.7. The molecule has 3 nitrogen and oxygen atoms in total. The number of nitrogens with one attached hydrogen (secondary N) is 1. The molecule has 0 fully saturated rings. The number of hydrogen-bond donors (Lipinski definition) is 1. The molecule has 0 aromatic heterocycles. The second-order valence-corrected chi connectivity index (χ2v) is 7.83. The Bertz CT molecular complexity index is 862. The lowest BCUT2D eigenvalue weighted by atomic mass is 10.1. The smallest absolute Gasteiger partial charge is 0.124 e. The van der Waals surface area contributed by atoms with Gasteiger partial charge in [-0.25, -0.2) is 0 Å². The van der Waals surface area contributed by atoms with Crippen LogP contribution in [-0.2, 0) is 13.0 Å². The molecule has 0 atom stereocenters. The Hall–Kier alpha value is -2.94. The van der Waals surface area contributed by atoms with Crippen LogP contribution in [0, 0.1) is 0 Å². The van der Waals surface area contributed by atoms with Gasteiger partial charge in [-0.15, -0.1) is 0 Å². The van der Waals surface area contributed by atoms with E-state index < -0.39 is 0 Å². The van der Waals surface area contributed by atoms with Gasteiger partial charge < -0.3 is 14.8 Å². The first kappa shape index (κ1) is 22.7. The van der Waals surface area contributed by atoms with Gasteiger partial charge in [-0.3, -0.25) is 0 Å². The van der Waals surface area contributed by atoms with E-state index in [4.69, 9.17) is 9.47 Å². The summed E-state index contributed by atoms with van der Waals surface area (Å²) < 4.78 is 11.9. The van der Waals surface area contributed by atoms with Crippen LogP contribution in [0.5, 0.6) is 11.5 Å². The highest BCUT2D eigenvalue weighted by Gasteiger charge is 2.04. The molecule has 0 heterocycles. The molecule has 0 aliphatic rings. The second-order valence-electron chi connectivity index (χ2n) is 7.83. The average Bonchev–Trinajstić information content (AvgIpc) is 2.82. The zero-order valence-electron chi connectivity index (χ0n) is 18.7. The minimum Gasteiger partial charge on any atom is -0.494 e. The van der Waals surface area contributed by atoms with Crippen molar-refractivity contribution in [2.24, 2.45) is 0 Å². The highest BCUT2D eigenvalue weighted by atomic mass is 16.5. The third kappa shape index (κ3) is 8.37. The SMILES string of the molecule is CCCCCCOc1ccccc1CNc1ccc(OCCCc2ccccc2)cc1. The first-order chi connectivity index (χ1) is 15.3. The highest BCUT2D eigenvalue weighted by Crippen LogP contribution is 2.21. The van der Waals surface area contributed by atoms with Crippen LogP contribution in [0.4, 0.5) is 5.69 Å². The maximum atomic E-state index is 6.02. The van der Waals surface area contributed by atoms with Crippen LogP contribution in [0.3, 0.4) is 0 Å². The normalized spacial score (nSPS) is 10.6. The second kappa shape index (κ2) is 13.4. The number of para-hydroxylation sites is 1. The van der Waals surface area contributed by atoms with Crippen molar-refractivity contribution in [3.63, 3.8) is 0 Å². The highest BCUT2D eigenvalue weighted by molar-refractivity contribution is 5.48. The van der Waals surface area contributed by atoms with E-state index in [2.05, 4.69) is 72.9 Å². The standard InChI is InChI=1S/C28H35NO2/c1-2-3-4-10-21-31-28-16-9-8-15-25(28)23-29-26-17-19-27(20-18-26)30-22-11-14-24-12-6-5-7-13-24/h5-9,12-13,15-20,29H,2-4,10-11,14,21-23H2,1H3. The van der Waals surface area contributed by atoms with Gasteiger partial charge in [-0.1, -0.05) is 74.7 Å². The summed E-state index contributed by atoms with van der Waals surface area (Å²) >= 11 is 0. The molecule has 1 N–H and O–H groups in total. The Morgan fingerprint density at radius 2 is 1.42 bits per heavy atom. The Balaban J connectivity index is 1.40. The van der Waals surface area contributed by atoms with E-state index in [0.717, 1.165) is 56.2 Å². The molecule has 3 aromatic carbocycles. The number of aryl methyl sites for hydroxylation is 1. The van der Waals surface area contributed by atoms with Crippen molar-refractivity contribution in [3.8, 4) is 11.5 Å². The average molecular weight is 418 g/mol. The topological polar surface area (TPSA) is 30.5 Å². The minimum atomic E-state index is 0.727. The molecule has 0 aliphatic heterocycles. The van der Waals surface area contributed by atoms with E-state index in [0.29, 0.717) is 0 Å². The maximum Gasteiger partial charge on any atom is 0.124 e. The summed E-state index contributed by atoms with van der Waals surface area (Å²) in [5, 5.41) is 3.49. The van der Waals surface area contributed by atoms with Gasteiger partial charge in [-0.05, 0) is 55.2 Å². The number of unbranched alkanes of at least 4 members (excludes halogenated alkanes) is 3. The number of rotatable bonds is 14. The Kier molecular flexibility index (Phi) is 9.81. The molecule has 0 spiro atoms. The molecule has 0 aliphatic carbocycles. The van der Waals surface area contributed by atoms with Gasteiger partial charge in [0.15, 0.2) is 0 Å². The van der Waals surface area contributed by atoms with Crippen molar-refractivity contribution in [2.75, 3.05) is 18.5 Å². The molecule has 0 unspecified atom stereocenters. The largest absolute Gasteiger partial charge is 0.494 e. The molecular weight excluding hydrogens is 382 g/mol. The summed E-state index contributed by atoms with van der Waals surface area (Å²) in [6, 6.07) is 27.0. The van der Waals surface area contributed by atoms with E-state index in [1.54, 1.807) is 0 Å².